The van der Waals surface area contributed by atoms with E-state index in [4.69, 9.17) is 0 Å². The average molecular weight is 308 g/mol. The van der Waals surface area contributed by atoms with Gasteiger partial charge in [0.25, 0.3) is 0 Å². The second-order valence-corrected chi connectivity index (χ2v) is 7.37. The van der Waals surface area contributed by atoms with E-state index in [0.29, 0.717) is 12.1 Å². The minimum atomic E-state index is -0.574. The number of benzene rings is 1. The van der Waals surface area contributed by atoms with Gasteiger partial charge in [0, 0.05) is 40.9 Å². The largest absolute Gasteiger partial charge is 0.312 e. The smallest absolute Gasteiger partial charge is 0.0472 e. The Kier molecular flexibility index (Phi) is 6.87. The van der Waals surface area contributed by atoms with Gasteiger partial charge in [0.2, 0.25) is 0 Å². The predicted molar refractivity (Wildman–Crippen MR) is 91.0 cm³/mol. The van der Waals surface area contributed by atoms with Crippen LogP contribution >= 0.6 is 0 Å². The monoisotopic (exact) mass is 308 g/mol. The van der Waals surface area contributed by atoms with E-state index in [1.54, 1.807) is 0 Å². The predicted octanol–water partition coefficient (Wildman–Crippen LogP) is 2.57. The fourth-order valence-electron chi connectivity index (χ4n) is 3.07. The van der Waals surface area contributed by atoms with Crippen LogP contribution in [0, 0.1) is 0 Å². The summed E-state index contributed by atoms with van der Waals surface area (Å²) in [5, 5.41) is 3.71. The molecule has 0 aromatic heterocycles. The van der Waals surface area contributed by atoms with Gasteiger partial charge in [0.15, 0.2) is 0 Å². The molecule has 1 heterocycles. The third kappa shape index (κ3) is 4.90. The van der Waals surface area contributed by atoms with Crippen molar-refractivity contribution < 1.29 is 4.21 Å². The van der Waals surface area contributed by atoms with E-state index in [9.17, 15) is 4.21 Å². The van der Waals surface area contributed by atoms with E-state index in [1.807, 2.05) is 0 Å². The van der Waals surface area contributed by atoms with Crippen molar-refractivity contribution in [2.45, 2.75) is 38.8 Å². The standard InChI is InChI=1S/C17H28N2OS/c1-3-19(4-2)17(15-8-6-5-7-9-15)14-18-16-10-12-21(20)13-11-16/h5-9,16-18H,3-4,10-14H2,1-2H3. The Balaban J connectivity index is 1.97. The molecule has 1 N–H and O–H groups in total. The molecule has 4 heteroatoms. The van der Waals surface area contributed by atoms with Crippen molar-refractivity contribution in [1.29, 1.82) is 0 Å². The number of hydrogen-bond acceptors (Lipinski definition) is 3. The van der Waals surface area contributed by atoms with Gasteiger partial charge in [-0.1, -0.05) is 44.2 Å². The molecule has 0 bridgehead atoms. The molecule has 1 aliphatic rings. The Labute approximate surface area is 131 Å². The third-order valence-electron chi connectivity index (χ3n) is 4.43. The Bertz CT molecular complexity index is 424. The van der Waals surface area contributed by atoms with Crippen LogP contribution in [0.2, 0.25) is 0 Å². The molecule has 1 saturated heterocycles. The molecule has 21 heavy (non-hydrogen) atoms. The van der Waals surface area contributed by atoms with Crippen molar-refractivity contribution in [3.63, 3.8) is 0 Å². The molecular weight excluding hydrogens is 280 g/mol. The Morgan fingerprint density at radius 3 is 2.38 bits per heavy atom. The normalized spacial score (nSPS) is 24.1. The van der Waals surface area contributed by atoms with E-state index in [2.05, 4.69) is 54.4 Å². The van der Waals surface area contributed by atoms with Crippen LogP contribution in [0.5, 0.6) is 0 Å². The summed E-state index contributed by atoms with van der Waals surface area (Å²) in [6, 6.07) is 11.7. The van der Waals surface area contributed by atoms with Gasteiger partial charge >= 0.3 is 0 Å². The second kappa shape index (κ2) is 8.66. The van der Waals surface area contributed by atoms with Gasteiger partial charge in [-0.15, -0.1) is 0 Å². The highest BCUT2D eigenvalue weighted by Gasteiger charge is 2.21. The van der Waals surface area contributed by atoms with E-state index in [1.165, 1.54) is 5.56 Å². The lowest BCUT2D eigenvalue weighted by atomic mass is 10.0. The topological polar surface area (TPSA) is 32.3 Å². The minimum absolute atomic E-state index is 0.425. The van der Waals surface area contributed by atoms with Gasteiger partial charge in [0.1, 0.15) is 0 Å². The van der Waals surface area contributed by atoms with Crippen LogP contribution in [-0.2, 0) is 10.8 Å². The van der Waals surface area contributed by atoms with E-state index in [-0.39, 0.29) is 0 Å². The van der Waals surface area contributed by atoms with Crippen LogP contribution < -0.4 is 5.32 Å². The molecule has 1 aromatic rings. The van der Waals surface area contributed by atoms with Crippen molar-refractivity contribution in [2.24, 2.45) is 0 Å². The van der Waals surface area contributed by atoms with Crippen molar-refractivity contribution in [2.75, 3.05) is 31.1 Å². The summed E-state index contributed by atoms with van der Waals surface area (Å²) in [6.45, 7) is 7.55. The maximum atomic E-state index is 11.4. The molecule has 0 aliphatic carbocycles. The van der Waals surface area contributed by atoms with Crippen molar-refractivity contribution in [3.05, 3.63) is 35.9 Å². The fraction of sp³-hybridized carbons (Fsp3) is 0.647. The molecule has 1 aromatic carbocycles. The number of nitrogens with one attached hydrogen (secondary N) is 1. The maximum absolute atomic E-state index is 11.4. The van der Waals surface area contributed by atoms with E-state index < -0.39 is 10.8 Å². The molecule has 0 radical (unpaired) electrons. The zero-order chi connectivity index (χ0) is 15.1. The van der Waals surface area contributed by atoms with Crippen molar-refractivity contribution >= 4 is 10.8 Å². The zero-order valence-corrected chi connectivity index (χ0v) is 14.1. The molecular formula is C17H28N2OS. The lowest BCUT2D eigenvalue weighted by Gasteiger charge is -2.32. The first-order chi connectivity index (χ1) is 10.2. The first kappa shape index (κ1) is 16.7. The van der Waals surface area contributed by atoms with Crippen LogP contribution in [0.1, 0.15) is 38.3 Å². The summed E-state index contributed by atoms with van der Waals surface area (Å²) >= 11 is 0. The van der Waals surface area contributed by atoms with Crippen LogP contribution in [0.15, 0.2) is 30.3 Å². The summed E-state index contributed by atoms with van der Waals surface area (Å²) in [5.41, 5.74) is 1.38. The molecule has 1 unspecified atom stereocenters. The quantitative estimate of drug-likeness (QED) is 0.840. The summed E-state index contributed by atoms with van der Waals surface area (Å²) in [7, 11) is -0.574. The third-order valence-corrected chi connectivity index (χ3v) is 5.81. The van der Waals surface area contributed by atoms with Gasteiger partial charge < -0.3 is 5.32 Å². The summed E-state index contributed by atoms with van der Waals surface area (Å²) in [4.78, 5) is 2.50. The number of likely N-dealkylation sites (N-methyl/N-ethyl adjacent to an activating group) is 1. The fourth-order valence-corrected chi connectivity index (χ4v) is 4.37. The molecule has 1 fully saturated rings. The molecule has 2 rings (SSSR count). The molecule has 1 aliphatic heterocycles. The zero-order valence-electron chi connectivity index (χ0n) is 13.3. The second-order valence-electron chi connectivity index (χ2n) is 5.68. The van der Waals surface area contributed by atoms with Gasteiger partial charge in [-0.05, 0) is 31.5 Å². The maximum Gasteiger partial charge on any atom is 0.0472 e. The number of rotatable bonds is 7. The van der Waals surface area contributed by atoms with Crippen LogP contribution in [-0.4, -0.2) is 46.3 Å². The molecule has 0 amide bonds. The van der Waals surface area contributed by atoms with Crippen molar-refractivity contribution in [3.8, 4) is 0 Å². The highest BCUT2D eigenvalue weighted by Crippen LogP contribution is 2.20. The van der Waals surface area contributed by atoms with Gasteiger partial charge in [0.05, 0.1) is 0 Å². The average Bonchev–Trinajstić information content (AvgIpc) is 2.54. The van der Waals surface area contributed by atoms with Gasteiger partial charge in [-0.3, -0.25) is 9.11 Å². The molecule has 118 valence electrons. The Morgan fingerprint density at radius 2 is 1.81 bits per heavy atom. The van der Waals surface area contributed by atoms with E-state index >= 15 is 0 Å². The Hall–Kier alpha value is -0.710. The van der Waals surface area contributed by atoms with Gasteiger partial charge in [-0.2, -0.15) is 0 Å². The summed E-state index contributed by atoms with van der Waals surface area (Å²) in [6.07, 6.45) is 2.10. The first-order valence-electron chi connectivity index (χ1n) is 8.12. The van der Waals surface area contributed by atoms with Crippen molar-refractivity contribution in [1.82, 2.24) is 10.2 Å². The molecule has 1 atom stereocenters. The summed E-state index contributed by atoms with van der Waals surface area (Å²) < 4.78 is 11.4. The lowest BCUT2D eigenvalue weighted by molar-refractivity contribution is 0.207. The summed E-state index contributed by atoms with van der Waals surface area (Å²) in [5.74, 6) is 1.72. The number of nitrogens with zero attached hydrogens (tertiary/aromatic N) is 1. The van der Waals surface area contributed by atoms with E-state index in [0.717, 1.165) is 44.0 Å². The van der Waals surface area contributed by atoms with Crippen LogP contribution in [0.3, 0.4) is 0 Å². The molecule has 3 nitrogen and oxygen atoms in total. The highest BCUT2D eigenvalue weighted by molar-refractivity contribution is 7.85. The molecule has 0 saturated carbocycles. The first-order valence-corrected chi connectivity index (χ1v) is 9.60. The number of hydrogen-bond donors (Lipinski definition) is 1. The van der Waals surface area contributed by atoms with Crippen LogP contribution in [0.25, 0.3) is 0 Å². The SMILES string of the molecule is CCN(CC)C(CNC1CCS(=O)CC1)c1ccccc1. The van der Waals surface area contributed by atoms with Gasteiger partial charge in [-0.25, -0.2) is 0 Å². The highest BCUT2D eigenvalue weighted by atomic mass is 32.2. The lowest BCUT2D eigenvalue weighted by Crippen LogP contribution is -2.42. The molecule has 0 spiro atoms. The van der Waals surface area contributed by atoms with Crippen LogP contribution in [0.4, 0.5) is 0 Å². The Morgan fingerprint density at radius 1 is 1.19 bits per heavy atom. The minimum Gasteiger partial charge on any atom is -0.312 e.